The van der Waals surface area contributed by atoms with Crippen LogP contribution >= 0.6 is 0 Å². The molecule has 0 fully saturated rings. The van der Waals surface area contributed by atoms with Gasteiger partial charge in [-0.3, -0.25) is 0 Å². The van der Waals surface area contributed by atoms with Gasteiger partial charge in [-0.25, -0.2) is 0 Å². The smallest absolute Gasteiger partial charge is 0.136 e. The number of aryl methyl sites for hydroxylation is 3. The Bertz CT molecular complexity index is 2510. The third kappa shape index (κ3) is 5.18. The van der Waals surface area contributed by atoms with Gasteiger partial charge in [-0.15, -0.1) is 54.1 Å². The van der Waals surface area contributed by atoms with Gasteiger partial charge in [0.2, 0.25) is 0 Å². The Hall–Kier alpha value is -5.09. The number of para-hydroxylation sites is 1. The van der Waals surface area contributed by atoms with Crippen molar-refractivity contribution in [3.8, 4) is 22.5 Å². The Balaban J connectivity index is 0.000000204. The Kier molecular flexibility index (Phi) is 7.74. The summed E-state index contributed by atoms with van der Waals surface area (Å²) in [5, 5.41) is 6.72. The number of fused-ring (bicyclic) bond motifs is 8. The first-order valence-electron chi connectivity index (χ1n) is 15.0. The van der Waals surface area contributed by atoms with Crippen LogP contribution in [0, 0.1) is 32.9 Å². The first-order valence-corrected chi connectivity index (χ1v) is 15.0. The van der Waals surface area contributed by atoms with Gasteiger partial charge in [0.1, 0.15) is 16.7 Å². The van der Waals surface area contributed by atoms with Gasteiger partial charge < -0.3 is 18.8 Å². The van der Waals surface area contributed by atoms with Gasteiger partial charge in [-0.2, -0.15) is 0 Å². The molecular weight excluding hydrogens is 745 g/mol. The standard InChI is InChI=1S/C29H18NO2.C12H10N.Ir/c1-16-12-24(30-15-17(16)2)20-8-5-7-19-23-13-18-10-11-26-28(21-6-3-4-9-25(21)31-26)22(18)14-27(23)32-29(19)20;1-10-7-8-12(13-9-10)11-5-3-2-4-6-11;/h3-7,9-15H,1-2H3;2-5,7-9H,1H3;/q2*-1;. The van der Waals surface area contributed by atoms with E-state index in [1.54, 1.807) is 0 Å². The van der Waals surface area contributed by atoms with Crippen LogP contribution in [-0.2, 0) is 20.1 Å². The minimum absolute atomic E-state index is 0. The summed E-state index contributed by atoms with van der Waals surface area (Å²) in [5.74, 6) is 0. The zero-order chi connectivity index (χ0) is 30.5. The van der Waals surface area contributed by atoms with Crippen molar-refractivity contribution in [2.24, 2.45) is 0 Å². The topological polar surface area (TPSA) is 52.1 Å². The number of benzene rings is 5. The van der Waals surface area contributed by atoms with E-state index in [9.17, 15) is 0 Å². The quantitative estimate of drug-likeness (QED) is 0.164. The minimum atomic E-state index is 0. The molecule has 4 aromatic heterocycles. The summed E-state index contributed by atoms with van der Waals surface area (Å²) in [6, 6.07) is 41.3. The van der Waals surface area contributed by atoms with E-state index < -0.39 is 0 Å². The number of rotatable bonds is 2. The SMILES string of the molecule is Cc1ccc(-c2[c-]cccc2)nc1.Cc1cnc(-c2[c-]ccc3c2oc2cc4c(ccc5oc6ccccc6c54)cc23)cc1C.[Ir]. The molecule has 0 N–H and O–H groups in total. The van der Waals surface area contributed by atoms with E-state index in [1.165, 1.54) is 16.7 Å². The molecule has 0 saturated carbocycles. The van der Waals surface area contributed by atoms with Crippen molar-refractivity contribution >= 4 is 54.6 Å². The fourth-order valence-corrected chi connectivity index (χ4v) is 5.91. The van der Waals surface area contributed by atoms with E-state index >= 15 is 0 Å². The monoisotopic (exact) mass is 773 g/mol. The molecule has 0 spiro atoms. The van der Waals surface area contributed by atoms with Crippen LogP contribution in [0.4, 0.5) is 0 Å². The summed E-state index contributed by atoms with van der Waals surface area (Å²) in [5.41, 5.74) is 10.8. The fraction of sp³-hybridized carbons (Fsp3) is 0.0732. The molecule has 5 heteroatoms. The van der Waals surface area contributed by atoms with Crippen LogP contribution in [0.3, 0.4) is 0 Å². The predicted molar refractivity (Wildman–Crippen MR) is 183 cm³/mol. The van der Waals surface area contributed by atoms with Crippen LogP contribution in [0.2, 0.25) is 0 Å². The summed E-state index contributed by atoms with van der Waals surface area (Å²) in [6.45, 7) is 6.21. The van der Waals surface area contributed by atoms with Crippen molar-refractivity contribution in [1.82, 2.24) is 9.97 Å². The van der Waals surface area contributed by atoms with Gasteiger partial charge in [0.15, 0.2) is 0 Å². The predicted octanol–water partition coefficient (Wildman–Crippen LogP) is 11.0. The molecule has 9 aromatic rings. The van der Waals surface area contributed by atoms with E-state index in [0.29, 0.717) is 0 Å². The van der Waals surface area contributed by atoms with Crippen LogP contribution in [-0.4, -0.2) is 9.97 Å². The zero-order valence-corrected chi connectivity index (χ0v) is 27.9. The number of hydrogen-bond donors (Lipinski definition) is 0. The van der Waals surface area contributed by atoms with Crippen LogP contribution in [0.1, 0.15) is 16.7 Å². The molecule has 0 aliphatic rings. The third-order valence-corrected chi connectivity index (χ3v) is 8.43. The Morgan fingerprint density at radius 3 is 2.22 bits per heavy atom. The van der Waals surface area contributed by atoms with Gasteiger partial charge in [-0.05, 0) is 78.3 Å². The molecule has 0 bridgehead atoms. The number of hydrogen-bond acceptors (Lipinski definition) is 4. The molecule has 46 heavy (non-hydrogen) atoms. The number of nitrogens with zero attached hydrogens (tertiary/aromatic N) is 2. The molecule has 4 nitrogen and oxygen atoms in total. The summed E-state index contributed by atoms with van der Waals surface area (Å²) < 4.78 is 12.5. The summed E-state index contributed by atoms with van der Waals surface area (Å²) >= 11 is 0. The van der Waals surface area contributed by atoms with Crippen molar-refractivity contribution in [2.45, 2.75) is 20.8 Å². The first-order chi connectivity index (χ1) is 22.0. The van der Waals surface area contributed by atoms with Crippen LogP contribution in [0.25, 0.3) is 77.2 Å². The number of furan rings is 2. The fourth-order valence-electron chi connectivity index (χ4n) is 5.91. The zero-order valence-electron chi connectivity index (χ0n) is 25.5. The average Bonchev–Trinajstić information content (AvgIpc) is 3.64. The van der Waals surface area contributed by atoms with Crippen molar-refractivity contribution in [3.63, 3.8) is 0 Å². The largest absolute Gasteiger partial charge is 0.501 e. The van der Waals surface area contributed by atoms with Crippen molar-refractivity contribution < 1.29 is 28.9 Å². The van der Waals surface area contributed by atoms with Crippen molar-refractivity contribution in [3.05, 3.63) is 144 Å². The molecule has 5 aromatic carbocycles. The second kappa shape index (κ2) is 12.0. The summed E-state index contributed by atoms with van der Waals surface area (Å²) in [4.78, 5) is 8.97. The van der Waals surface area contributed by atoms with Gasteiger partial charge >= 0.3 is 0 Å². The molecule has 0 aliphatic carbocycles. The molecule has 0 saturated heterocycles. The molecule has 1 radical (unpaired) electrons. The van der Waals surface area contributed by atoms with Gasteiger partial charge in [0.05, 0.1) is 5.58 Å². The van der Waals surface area contributed by atoms with Crippen LogP contribution in [0.5, 0.6) is 0 Å². The molecule has 0 aliphatic heterocycles. The van der Waals surface area contributed by atoms with Crippen LogP contribution < -0.4 is 0 Å². The van der Waals surface area contributed by atoms with E-state index in [1.807, 2.05) is 67.8 Å². The maximum Gasteiger partial charge on any atom is 0.136 e. The maximum atomic E-state index is 6.45. The summed E-state index contributed by atoms with van der Waals surface area (Å²) in [6.07, 6.45) is 3.78. The molecular formula is C41H28IrN2O2-2. The normalized spacial score (nSPS) is 11.2. The second-order valence-electron chi connectivity index (χ2n) is 11.5. The Morgan fingerprint density at radius 1 is 0.565 bits per heavy atom. The summed E-state index contributed by atoms with van der Waals surface area (Å²) in [7, 11) is 0. The van der Waals surface area contributed by atoms with Gasteiger partial charge in [0, 0.05) is 48.7 Å². The minimum Gasteiger partial charge on any atom is -0.501 e. The molecule has 0 amide bonds. The van der Waals surface area contributed by atoms with E-state index in [2.05, 4.69) is 90.5 Å². The maximum absolute atomic E-state index is 6.45. The van der Waals surface area contributed by atoms with Crippen molar-refractivity contribution in [2.75, 3.05) is 0 Å². The number of aromatic nitrogens is 2. The Morgan fingerprint density at radius 2 is 1.41 bits per heavy atom. The van der Waals surface area contributed by atoms with E-state index in [-0.39, 0.29) is 20.1 Å². The molecule has 225 valence electrons. The van der Waals surface area contributed by atoms with Gasteiger partial charge in [-0.1, -0.05) is 59.0 Å². The van der Waals surface area contributed by atoms with E-state index in [0.717, 1.165) is 77.2 Å². The number of pyridine rings is 2. The second-order valence-corrected chi connectivity index (χ2v) is 11.5. The molecule has 0 atom stereocenters. The molecule has 0 unspecified atom stereocenters. The molecule has 9 rings (SSSR count). The van der Waals surface area contributed by atoms with Gasteiger partial charge in [0.25, 0.3) is 0 Å². The van der Waals surface area contributed by atoms with Crippen molar-refractivity contribution in [1.29, 1.82) is 0 Å². The third-order valence-electron chi connectivity index (χ3n) is 8.43. The Labute approximate surface area is 280 Å². The van der Waals surface area contributed by atoms with E-state index in [4.69, 9.17) is 8.83 Å². The molecule has 4 heterocycles. The first kappa shape index (κ1) is 29.6. The van der Waals surface area contributed by atoms with Crippen LogP contribution in [0.15, 0.2) is 124 Å². The average molecular weight is 773 g/mol.